The van der Waals surface area contributed by atoms with Crippen LogP contribution < -0.4 is 0 Å². The average Bonchev–Trinajstić information content (AvgIpc) is 2.82. The van der Waals surface area contributed by atoms with E-state index in [2.05, 4.69) is 76.2 Å². The van der Waals surface area contributed by atoms with Gasteiger partial charge in [0.15, 0.2) is 0 Å². The monoisotopic (exact) mass is 450 g/mol. The molecule has 1 atom stereocenters. The van der Waals surface area contributed by atoms with Crippen molar-refractivity contribution in [3.8, 4) is 0 Å². The van der Waals surface area contributed by atoms with Crippen molar-refractivity contribution in [2.24, 2.45) is 0 Å². The molecule has 0 heterocycles. The summed E-state index contributed by atoms with van der Waals surface area (Å²) in [5.74, 6) is -0.490. The normalized spacial score (nSPS) is 20.1. The molecule has 2 nitrogen and oxygen atoms in total. The molecular weight excluding hydrogens is 416 g/mol. The van der Waals surface area contributed by atoms with E-state index >= 15 is 0 Å². The Hall–Kier alpha value is -3.13. The van der Waals surface area contributed by atoms with E-state index in [0.717, 1.165) is 18.4 Å². The summed E-state index contributed by atoms with van der Waals surface area (Å²) in [5, 5.41) is 9.31. The highest BCUT2D eigenvalue weighted by molar-refractivity contribution is 5.90. The molecule has 3 aromatic rings. The lowest BCUT2D eigenvalue weighted by Gasteiger charge is -2.43. The van der Waals surface area contributed by atoms with Crippen LogP contribution in [-0.4, -0.2) is 11.1 Å². The third kappa shape index (κ3) is 4.11. The first-order valence-corrected chi connectivity index (χ1v) is 12.4. The first-order valence-electron chi connectivity index (χ1n) is 12.4. The van der Waals surface area contributed by atoms with Crippen molar-refractivity contribution in [2.75, 3.05) is 0 Å². The van der Waals surface area contributed by atoms with Crippen molar-refractivity contribution in [1.82, 2.24) is 0 Å². The van der Waals surface area contributed by atoms with Crippen LogP contribution in [0.25, 0.3) is 11.6 Å². The zero-order valence-corrected chi connectivity index (χ0v) is 20.7. The Kier molecular flexibility index (Phi) is 5.51. The van der Waals surface area contributed by atoms with Crippen LogP contribution in [-0.2, 0) is 17.3 Å². The number of carbonyl (C=O) groups is 1. The van der Waals surface area contributed by atoms with E-state index in [9.17, 15) is 9.90 Å². The first-order chi connectivity index (χ1) is 16.1. The van der Waals surface area contributed by atoms with Gasteiger partial charge in [-0.2, -0.15) is 0 Å². The molecule has 0 amide bonds. The molecule has 174 valence electrons. The van der Waals surface area contributed by atoms with E-state index in [-0.39, 0.29) is 10.8 Å². The molecule has 0 aromatic heterocycles. The van der Waals surface area contributed by atoms with Gasteiger partial charge in [-0.05, 0) is 93.5 Å². The Morgan fingerprint density at radius 3 is 2.12 bits per heavy atom. The fraction of sp³-hybridized carbons (Fsp3) is 0.344. The lowest BCUT2D eigenvalue weighted by atomic mass is 9.61. The van der Waals surface area contributed by atoms with Gasteiger partial charge in [-0.15, -0.1) is 0 Å². The molecule has 2 aliphatic rings. The molecule has 0 saturated heterocycles. The van der Waals surface area contributed by atoms with Crippen LogP contribution in [0.5, 0.6) is 0 Å². The number of rotatable bonds is 4. The summed E-state index contributed by atoms with van der Waals surface area (Å²) in [6.07, 6.45) is 6.72. The maximum absolute atomic E-state index is 11.3. The Morgan fingerprint density at radius 2 is 1.50 bits per heavy atom. The molecule has 0 saturated carbocycles. The second-order valence-electron chi connectivity index (χ2n) is 11.4. The Morgan fingerprint density at radius 1 is 0.882 bits per heavy atom. The average molecular weight is 451 g/mol. The fourth-order valence-corrected chi connectivity index (χ4v) is 5.86. The van der Waals surface area contributed by atoms with Crippen molar-refractivity contribution >= 4 is 17.6 Å². The predicted molar refractivity (Wildman–Crippen MR) is 141 cm³/mol. The Bertz CT molecular complexity index is 1260. The SMILES string of the molecule is CC1(C)CCC(C)(C)c2cc3c(cc21)C=C(c1ccc(C(=O)O)cc1)CC3Cc1ccccc1. The molecular formula is C32H34O2. The Balaban J connectivity index is 1.64. The van der Waals surface area contributed by atoms with Crippen molar-refractivity contribution in [3.05, 3.63) is 106 Å². The van der Waals surface area contributed by atoms with Gasteiger partial charge < -0.3 is 5.11 Å². The van der Waals surface area contributed by atoms with Gasteiger partial charge >= 0.3 is 5.97 Å². The maximum Gasteiger partial charge on any atom is 0.335 e. The van der Waals surface area contributed by atoms with E-state index in [0.29, 0.717) is 11.5 Å². The Labute approximate surface area is 203 Å². The molecule has 0 bridgehead atoms. The van der Waals surface area contributed by atoms with Crippen LogP contribution in [0.4, 0.5) is 0 Å². The lowest BCUT2D eigenvalue weighted by Crippen LogP contribution is -2.34. The minimum Gasteiger partial charge on any atom is -0.478 e. The molecule has 0 fully saturated rings. The number of benzene rings is 3. The number of hydrogen-bond acceptors (Lipinski definition) is 1. The number of fused-ring (bicyclic) bond motifs is 2. The van der Waals surface area contributed by atoms with E-state index in [1.165, 1.54) is 46.2 Å². The van der Waals surface area contributed by atoms with E-state index in [1.807, 2.05) is 12.1 Å². The molecule has 2 aliphatic carbocycles. The maximum atomic E-state index is 11.3. The third-order valence-electron chi connectivity index (χ3n) is 8.12. The number of aromatic carboxylic acids is 1. The van der Waals surface area contributed by atoms with Gasteiger partial charge in [0.05, 0.1) is 5.56 Å². The number of hydrogen-bond donors (Lipinski definition) is 1. The smallest absolute Gasteiger partial charge is 0.335 e. The zero-order valence-electron chi connectivity index (χ0n) is 20.7. The molecule has 3 aromatic carbocycles. The fourth-order valence-electron chi connectivity index (χ4n) is 5.86. The molecule has 0 spiro atoms. The van der Waals surface area contributed by atoms with E-state index < -0.39 is 5.97 Å². The summed E-state index contributed by atoms with van der Waals surface area (Å²) in [6.45, 7) is 9.56. The number of allylic oxidation sites excluding steroid dienone is 1. The number of carboxylic acids is 1. The van der Waals surface area contributed by atoms with Gasteiger partial charge in [0.25, 0.3) is 0 Å². The minimum absolute atomic E-state index is 0.170. The summed E-state index contributed by atoms with van der Waals surface area (Å²) in [7, 11) is 0. The van der Waals surface area contributed by atoms with Crippen molar-refractivity contribution in [3.63, 3.8) is 0 Å². The summed E-state index contributed by atoms with van der Waals surface area (Å²) < 4.78 is 0. The topological polar surface area (TPSA) is 37.3 Å². The second kappa shape index (κ2) is 8.27. The van der Waals surface area contributed by atoms with Crippen molar-refractivity contribution < 1.29 is 9.90 Å². The highest BCUT2D eigenvalue weighted by Crippen LogP contribution is 2.49. The van der Waals surface area contributed by atoms with Crippen molar-refractivity contribution in [1.29, 1.82) is 0 Å². The van der Waals surface area contributed by atoms with Crippen LogP contribution in [0, 0.1) is 0 Å². The lowest BCUT2D eigenvalue weighted by molar-refractivity contribution is 0.0697. The predicted octanol–water partition coefficient (Wildman–Crippen LogP) is 8.00. The van der Waals surface area contributed by atoms with Gasteiger partial charge in [-0.3, -0.25) is 0 Å². The van der Waals surface area contributed by atoms with E-state index in [4.69, 9.17) is 0 Å². The van der Waals surface area contributed by atoms with Gasteiger partial charge in [0.2, 0.25) is 0 Å². The second-order valence-corrected chi connectivity index (χ2v) is 11.4. The molecule has 1 unspecified atom stereocenters. The standard InChI is InChI=1S/C32H34O2/c1-31(2)14-15-32(3,4)29-20-27-25(16-21-8-6-5-7-9-21)17-24(18-26(27)19-28(29)31)22-10-12-23(13-11-22)30(33)34/h5-13,18-20,25H,14-17H2,1-4H3,(H,33,34). The number of carboxylic acid groups (broad SMARTS) is 1. The third-order valence-corrected chi connectivity index (χ3v) is 8.12. The van der Waals surface area contributed by atoms with Crippen LogP contribution in [0.1, 0.15) is 96.6 Å². The van der Waals surface area contributed by atoms with Crippen LogP contribution in [0.15, 0.2) is 66.7 Å². The molecule has 1 N–H and O–H groups in total. The molecule has 5 rings (SSSR count). The van der Waals surface area contributed by atoms with Crippen LogP contribution >= 0.6 is 0 Å². The highest BCUT2D eigenvalue weighted by Gasteiger charge is 2.38. The molecule has 0 radical (unpaired) electrons. The van der Waals surface area contributed by atoms with Gasteiger partial charge in [-0.1, -0.05) is 88.4 Å². The van der Waals surface area contributed by atoms with Crippen molar-refractivity contribution in [2.45, 2.75) is 70.1 Å². The largest absolute Gasteiger partial charge is 0.478 e. The van der Waals surface area contributed by atoms with E-state index in [1.54, 1.807) is 12.1 Å². The summed E-state index contributed by atoms with van der Waals surface area (Å²) in [4.78, 5) is 11.3. The van der Waals surface area contributed by atoms with Gasteiger partial charge in [0.1, 0.15) is 0 Å². The van der Waals surface area contributed by atoms with Crippen LogP contribution in [0.2, 0.25) is 0 Å². The summed E-state index contributed by atoms with van der Waals surface area (Å²) in [5.41, 5.74) is 10.2. The van der Waals surface area contributed by atoms with Crippen LogP contribution in [0.3, 0.4) is 0 Å². The quantitative estimate of drug-likeness (QED) is 0.437. The van der Waals surface area contributed by atoms with Gasteiger partial charge in [0, 0.05) is 0 Å². The highest BCUT2D eigenvalue weighted by atomic mass is 16.4. The molecule has 34 heavy (non-hydrogen) atoms. The summed E-state index contributed by atoms with van der Waals surface area (Å²) >= 11 is 0. The molecule has 0 aliphatic heterocycles. The summed E-state index contributed by atoms with van der Waals surface area (Å²) in [6, 6.07) is 23.1. The zero-order chi connectivity index (χ0) is 24.1. The first kappa shape index (κ1) is 22.7. The minimum atomic E-state index is -0.882. The van der Waals surface area contributed by atoms with Gasteiger partial charge in [-0.25, -0.2) is 4.79 Å². The molecule has 2 heteroatoms.